The van der Waals surface area contributed by atoms with Crippen molar-refractivity contribution < 1.29 is 4.57 Å². The van der Waals surface area contributed by atoms with Crippen molar-refractivity contribution >= 4 is 28.9 Å². The number of hydrogen-bond donors (Lipinski definition) is 3. The normalized spacial score (nSPS) is 11.9. The van der Waals surface area contributed by atoms with Gasteiger partial charge in [0.1, 0.15) is 5.03 Å². The summed E-state index contributed by atoms with van der Waals surface area (Å²) in [5.74, 6) is 0. The molecule has 6 nitrogen and oxygen atoms in total. The van der Waals surface area contributed by atoms with Crippen LogP contribution in [0.3, 0.4) is 0 Å². The van der Waals surface area contributed by atoms with Crippen molar-refractivity contribution in [2.24, 2.45) is 11.0 Å². The lowest BCUT2D eigenvalue weighted by Gasteiger charge is -2.06. The van der Waals surface area contributed by atoms with Gasteiger partial charge in [0, 0.05) is 5.39 Å². The number of benzene rings is 1. The third-order valence-electron chi connectivity index (χ3n) is 1.83. The second kappa shape index (κ2) is 4.03. The first-order chi connectivity index (χ1) is 7.46. The van der Waals surface area contributed by atoms with Gasteiger partial charge < -0.3 is 4.98 Å². The van der Waals surface area contributed by atoms with Crippen LogP contribution in [0.1, 0.15) is 0 Å². The molecule has 84 valence electrons. The maximum atomic E-state index is 11.3. The summed E-state index contributed by atoms with van der Waals surface area (Å²) in [5.41, 5.74) is 10.6. The summed E-state index contributed by atoms with van der Waals surface area (Å²) >= 11 is 0.724. The summed E-state index contributed by atoms with van der Waals surface area (Å²) in [5, 5.41) is 0.955. The number of hydrogen-bond acceptors (Lipinski definition) is 4. The minimum absolute atomic E-state index is 0.285. The SMILES string of the molecule is NP(N)(=O)Sc1nc(=O)[nH]c2ccccc12. The van der Waals surface area contributed by atoms with E-state index < -0.39 is 12.3 Å². The molecule has 0 aliphatic carbocycles. The Morgan fingerprint density at radius 3 is 2.69 bits per heavy atom. The van der Waals surface area contributed by atoms with Gasteiger partial charge in [-0.3, -0.25) is 15.6 Å². The van der Waals surface area contributed by atoms with E-state index in [1.54, 1.807) is 24.3 Å². The molecule has 0 saturated carbocycles. The maximum absolute atomic E-state index is 11.3. The number of nitrogens with zero attached hydrogens (tertiary/aromatic N) is 1. The summed E-state index contributed by atoms with van der Waals surface area (Å²) in [6, 6.07) is 7.03. The largest absolute Gasteiger partial charge is 0.346 e. The Hall–Kier alpha value is -1.14. The molecule has 1 aromatic heterocycles. The highest BCUT2D eigenvalue weighted by Gasteiger charge is 2.15. The van der Waals surface area contributed by atoms with Gasteiger partial charge in [0.05, 0.1) is 5.52 Å². The first kappa shape index (κ1) is 11.3. The van der Waals surface area contributed by atoms with E-state index in [0.717, 1.165) is 11.4 Å². The van der Waals surface area contributed by atoms with Gasteiger partial charge in [-0.2, -0.15) is 4.98 Å². The zero-order chi connectivity index (χ0) is 11.8. The van der Waals surface area contributed by atoms with Gasteiger partial charge >= 0.3 is 5.69 Å². The minimum Gasteiger partial charge on any atom is -0.305 e. The average molecular weight is 256 g/mol. The highest BCUT2D eigenvalue weighted by atomic mass is 32.7. The fraction of sp³-hybridized carbons (Fsp3) is 0. The first-order valence-corrected chi connectivity index (χ1v) is 7.58. The molecular weight excluding hydrogens is 247 g/mol. The lowest BCUT2D eigenvalue weighted by atomic mass is 10.2. The number of aromatic nitrogens is 2. The van der Waals surface area contributed by atoms with Crippen LogP contribution in [-0.2, 0) is 4.57 Å². The lowest BCUT2D eigenvalue weighted by molar-refractivity contribution is 0.586. The van der Waals surface area contributed by atoms with Gasteiger partial charge in [0.25, 0.3) is 6.65 Å². The molecular formula is C8H9N4O2PS. The molecule has 0 fully saturated rings. The van der Waals surface area contributed by atoms with Crippen molar-refractivity contribution in [3.63, 3.8) is 0 Å². The van der Waals surface area contributed by atoms with Crippen LogP contribution in [-0.4, -0.2) is 9.97 Å². The van der Waals surface area contributed by atoms with E-state index in [4.69, 9.17) is 11.0 Å². The summed E-state index contributed by atoms with van der Waals surface area (Å²) in [7, 11) is 0. The monoisotopic (exact) mass is 256 g/mol. The summed E-state index contributed by atoms with van der Waals surface area (Å²) < 4.78 is 11.3. The maximum Gasteiger partial charge on any atom is 0.346 e. The molecule has 1 aromatic carbocycles. The Morgan fingerprint density at radius 1 is 1.31 bits per heavy atom. The number of rotatable bonds is 2. The second-order valence-electron chi connectivity index (χ2n) is 3.13. The van der Waals surface area contributed by atoms with Gasteiger partial charge in [-0.05, 0) is 17.4 Å². The van der Waals surface area contributed by atoms with Gasteiger partial charge in [0.2, 0.25) is 0 Å². The Kier molecular flexibility index (Phi) is 2.86. The Morgan fingerprint density at radius 2 is 2.00 bits per heavy atom. The van der Waals surface area contributed by atoms with Crippen molar-refractivity contribution in [1.29, 1.82) is 0 Å². The van der Waals surface area contributed by atoms with E-state index in [1.165, 1.54) is 0 Å². The van der Waals surface area contributed by atoms with Crippen LogP contribution < -0.4 is 16.7 Å². The molecule has 0 bridgehead atoms. The van der Waals surface area contributed by atoms with Crippen LogP contribution in [0.5, 0.6) is 0 Å². The molecule has 0 spiro atoms. The molecule has 8 heteroatoms. The topological polar surface area (TPSA) is 115 Å². The van der Waals surface area contributed by atoms with Crippen LogP contribution in [0.15, 0.2) is 34.1 Å². The third-order valence-corrected chi connectivity index (χ3v) is 3.98. The third kappa shape index (κ3) is 2.51. The van der Waals surface area contributed by atoms with Gasteiger partial charge in [-0.25, -0.2) is 4.79 Å². The molecule has 16 heavy (non-hydrogen) atoms. The number of H-pyrrole nitrogens is 1. The van der Waals surface area contributed by atoms with Crippen molar-refractivity contribution in [3.8, 4) is 0 Å². The molecule has 0 saturated heterocycles. The molecule has 2 aromatic rings. The zero-order valence-corrected chi connectivity index (χ0v) is 9.79. The predicted molar refractivity (Wildman–Crippen MR) is 64.2 cm³/mol. The summed E-state index contributed by atoms with van der Waals surface area (Å²) in [6.45, 7) is -3.31. The van der Waals surface area contributed by atoms with Crippen LogP contribution in [0.2, 0.25) is 0 Å². The Balaban J connectivity index is 2.68. The van der Waals surface area contributed by atoms with E-state index in [9.17, 15) is 9.36 Å². The van der Waals surface area contributed by atoms with Crippen LogP contribution >= 0.6 is 18.0 Å². The predicted octanol–water partition coefficient (Wildman–Crippen LogP) is 1.04. The molecule has 2 rings (SSSR count). The number of nitrogens with one attached hydrogen (secondary N) is 1. The number of nitrogens with two attached hydrogens (primary N) is 2. The molecule has 5 N–H and O–H groups in total. The Labute approximate surface area is 94.7 Å². The van der Waals surface area contributed by atoms with E-state index >= 15 is 0 Å². The van der Waals surface area contributed by atoms with Gasteiger partial charge in [0.15, 0.2) is 0 Å². The molecule has 1 heterocycles. The molecule has 0 radical (unpaired) electrons. The molecule has 0 aliphatic rings. The highest BCUT2D eigenvalue weighted by Crippen LogP contribution is 2.48. The molecule has 0 amide bonds. The van der Waals surface area contributed by atoms with Crippen LogP contribution in [0.25, 0.3) is 10.9 Å². The standard InChI is InChI=1S/C8H9N4O2PS/c9-15(10,14)16-7-5-3-1-2-4-6(5)11-8(13)12-7/h1-4H,(H4,9,10,14)(H,11,12,13). The van der Waals surface area contributed by atoms with Crippen molar-refractivity contribution in [3.05, 3.63) is 34.7 Å². The average Bonchev–Trinajstić information content (AvgIpc) is 2.14. The number of fused-ring (bicyclic) bond motifs is 1. The number of para-hydroxylation sites is 1. The first-order valence-electron chi connectivity index (χ1n) is 4.31. The summed E-state index contributed by atoms with van der Waals surface area (Å²) in [6.07, 6.45) is 0. The fourth-order valence-electron chi connectivity index (χ4n) is 1.28. The van der Waals surface area contributed by atoms with Gasteiger partial charge in [-0.1, -0.05) is 18.2 Å². The van der Waals surface area contributed by atoms with Crippen LogP contribution in [0.4, 0.5) is 0 Å². The number of aromatic amines is 1. The molecule has 0 aliphatic heterocycles. The van der Waals surface area contributed by atoms with E-state index in [-0.39, 0.29) is 5.03 Å². The molecule has 0 atom stereocenters. The lowest BCUT2D eigenvalue weighted by Crippen LogP contribution is -2.11. The van der Waals surface area contributed by atoms with Crippen molar-refractivity contribution in [2.75, 3.05) is 0 Å². The van der Waals surface area contributed by atoms with Crippen LogP contribution in [0, 0.1) is 0 Å². The minimum atomic E-state index is -3.31. The van der Waals surface area contributed by atoms with E-state index in [0.29, 0.717) is 10.9 Å². The second-order valence-corrected chi connectivity index (χ2v) is 7.25. The Bertz CT molecular complexity index is 635. The van der Waals surface area contributed by atoms with E-state index in [1.807, 2.05) is 0 Å². The quantitative estimate of drug-likeness (QED) is 0.546. The van der Waals surface area contributed by atoms with E-state index in [2.05, 4.69) is 9.97 Å². The fourth-order valence-corrected chi connectivity index (χ4v) is 3.18. The molecule has 0 unspecified atom stereocenters. The van der Waals surface area contributed by atoms with Crippen molar-refractivity contribution in [1.82, 2.24) is 9.97 Å². The van der Waals surface area contributed by atoms with Crippen molar-refractivity contribution in [2.45, 2.75) is 5.03 Å². The smallest absolute Gasteiger partial charge is 0.305 e. The zero-order valence-electron chi connectivity index (χ0n) is 8.08. The van der Waals surface area contributed by atoms with Gasteiger partial charge in [-0.15, -0.1) is 0 Å². The summed E-state index contributed by atoms with van der Waals surface area (Å²) in [4.78, 5) is 17.5. The highest BCUT2D eigenvalue weighted by molar-refractivity contribution is 8.56.